The third-order valence-corrected chi connectivity index (χ3v) is 5.27. The molecule has 4 rings (SSSR count). The van der Waals surface area contributed by atoms with Crippen LogP contribution in [0.4, 0.5) is 16.2 Å². The Bertz CT molecular complexity index is 866. The van der Waals surface area contributed by atoms with Gasteiger partial charge in [-0.05, 0) is 55.7 Å². The minimum atomic E-state index is -0.194. The van der Waals surface area contributed by atoms with Crippen LogP contribution in [0.2, 0.25) is 0 Å². The molecule has 146 valence electrons. The molecule has 28 heavy (non-hydrogen) atoms. The zero-order valence-electron chi connectivity index (χ0n) is 16.1. The molecule has 2 aliphatic heterocycles. The molecule has 0 radical (unpaired) electrons. The average Bonchev–Trinajstić information content (AvgIpc) is 3.08. The third-order valence-electron chi connectivity index (χ3n) is 5.27. The summed E-state index contributed by atoms with van der Waals surface area (Å²) in [5.74, 6) is 0.806. The number of urea groups is 1. The molecule has 0 aliphatic carbocycles. The summed E-state index contributed by atoms with van der Waals surface area (Å²) in [4.78, 5) is 28.9. The van der Waals surface area contributed by atoms with Gasteiger partial charge in [-0.25, -0.2) is 4.79 Å². The van der Waals surface area contributed by atoms with E-state index >= 15 is 0 Å². The zero-order chi connectivity index (χ0) is 19.5. The van der Waals surface area contributed by atoms with Gasteiger partial charge in [-0.1, -0.05) is 18.2 Å². The number of fused-ring (bicyclic) bond motifs is 1. The Morgan fingerprint density at radius 3 is 2.75 bits per heavy atom. The molecule has 2 aromatic rings. The molecule has 2 aliphatic rings. The van der Waals surface area contributed by atoms with Gasteiger partial charge in [0.1, 0.15) is 5.75 Å². The van der Waals surface area contributed by atoms with Crippen LogP contribution in [0, 0.1) is 0 Å². The van der Waals surface area contributed by atoms with Crippen molar-refractivity contribution in [2.75, 3.05) is 29.5 Å². The molecule has 2 aromatic carbocycles. The molecule has 1 saturated heterocycles. The molecule has 0 spiro atoms. The predicted octanol–water partition coefficient (Wildman–Crippen LogP) is 3.35. The van der Waals surface area contributed by atoms with Crippen molar-refractivity contribution in [2.45, 2.75) is 32.2 Å². The minimum absolute atomic E-state index is 0.0218. The Kier molecular flexibility index (Phi) is 5.19. The van der Waals surface area contributed by atoms with Crippen LogP contribution in [0.25, 0.3) is 0 Å². The van der Waals surface area contributed by atoms with E-state index in [2.05, 4.69) is 11.4 Å². The van der Waals surface area contributed by atoms with Gasteiger partial charge in [0.05, 0.1) is 12.6 Å². The largest absolute Gasteiger partial charge is 0.494 e. The van der Waals surface area contributed by atoms with Crippen molar-refractivity contribution in [1.82, 2.24) is 5.32 Å². The summed E-state index contributed by atoms with van der Waals surface area (Å²) in [6, 6.07) is 15.2. The molecule has 6 nitrogen and oxygen atoms in total. The maximum Gasteiger partial charge on any atom is 0.322 e. The molecule has 3 amide bonds. The second kappa shape index (κ2) is 7.92. The smallest absolute Gasteiger partial charge is 0.322 e. The fourth-order valence-corrected chi connectivity index (χ4v) is 3.94. The van der Waals surface area contributed by atoms with E-state index in [0.717, 1.165) is 30.0 Å². The van der Waals surface area contributed by atoms with E-state index in [-0.39, 0.29) is 18.0 Å². The molecule has 1 fully saturated rings. The minimum Gasteiger partial charge on any atom is -0.494 e. The van der Waals surface area contributed by atoms with Crippen LogP contribution in [0.15, 0.2) is 48.5 Å². The van der Waals surface area contributed by atoms with Crippen LogP contribution in [0.5, 0.6) is 5.75 Å². The van der Waals surface area contributed by atoms with Gasteiger partial charge in [-0.3, -0.25) is 9.69 Å². The first-order valence-corrected chi connectivity index (χ1v) is 9.85. The number of ether oxygens (including phenoxy) is 1. The van der Waals surface area contributed by atoms with Crippen molar-refractivity contribution in [2.24, 2.45) is 0 Å². The van der Waals surface area contributed by atoms with Crippen LogP contribution in [-0.2, 0) is 11.2 Å². The van der Waals surface area contributed by atoms with Crippen molar-refractivity contribution in [3.63, 3.8) is 0 Å². The molecule has 2 heterocycles. The fourth-order valence-electron chi connectivity index (χ4n) is 3.94. The lowest BCUT2D eigenvalue weighted by Crippen LogP contribution is -2.47. The first-order valence-electron chi connectivity index (χ1n) is 9.85. The number of carbonyl (C=O) groups is 2. The number of carbonyl (C=O) groups excluding carboxylic acids is 2. The number of rotatable bonds is 4. The molecule has 0 bridgehead atoms. The Hall–Kier alpha value is -3.02. The Labute approximate surface area is 165 Å². The van der Waals surface area contributed by atoms with Gasteiger partial charge in [-0.15, -0.1) is 0 Å². The number of benzene rings is 2. The van der Waals surface area contributed by atoms with Crippen LogP contribution in [0.3, 0.4) is 0 Å². The maximum atomic E-state index is 12.9. The van der Waals surface area contributed by atoms with Gasteiger partial charge in [0.25, 0.3) is 0 Å². The highest BCUT2D eigenvalue weighted by Gasteiger charge is 2.33. The maximum absolute atomic E-state index is 12.9. The van der Waals surface area contributed by atoms with Crippen LogP contribution in [0.1, 0.15) is 25.3 Å². The van der Waals surface area contributed by atoms with E-state index in [9.17, 15) is 9.59 Å². The number of hydrogen-bond donors (Lipinski definition) is 1. The van der Waals surface area contributed by atoms with Crippen LogP contribution >= 0.6 is 0 Å². The molecule has 0 unspecified atom stereocenters. The Morgan fingerprint density at radius 2 is 1.96 bits per heavy atom. The first-order chi connectivity index (χ1) is 13.7. The lowest BCUT2D eigenvalue weighted by molar-refractivity contribution is -0.117. The topological polar surface area (TPSA) is 61.9 Å². The summed E-state index contributed by atoms with van der Waals surface area (Å²) in [5, 5.41) is 3.05. The van der Waals surface area contributed by atoms with Crippen LogP contribution < -0.4 is 19.9 Å². The highest BCUT2D eigenvalue weighted by molar-refractivity contribution is 5.98. The van der Waals surface area contributed by atoms with Gasteiger partial charge in [0.15, 0.2) is 0 Å². The second-order valence-electron chi connectivity index (χ2n) is 7.17. The van der Waals surface area contributed by atoms with Gasteiger partial charge < -0.3 is 15.0 Å². The average molecular weight is 379 g/mol. The van der Waals surface area contributed by atoms with Crippen molar-refractivity contribution in [1.29, 1.82) is 0 Å². The summed E-state index contributed by atoms with van der Waals surface area (Å²) < 4.78 is 5.45. The molecule has 1 N–H and O–H groups in total. The lowest BCUT2D eigenvalue weighted by atomic mass is 10.0. The fraction of sp³-hybridized carbons (Fsp3) is 0.364. The monoisotopic (exact) mass is 379 g/mol. The number of anilines is 2. The molecule has 1 atom stereocenters. The second-order valence-corrected chi connectivity index (χ2v) is 7.17. The molecule has 0 saturated carbocycles. The normalized spacial score (nSPS) is 18.8. The SMILES string of the molecule is CCOc1ccc(N2C[C@H](NC(=O)N3CCCc4ccccc43)CC2=O)cc1. The van der Waals surface area contributed by atoms with E-state index in [1.807, 2.05) is 49.4 Å². The number of nitrogens with one attached hydrogen (secondary N) is 1. The van der Waals surface area contributed by atoms with Crippen molar-refractivity contribution in [3.05, 3.63) is 54.1 Å². The standard InChI is InChI=1S/C22H25N3O3/c1-2-28-19-11-9-18(10-12-19)25-15-17(14-21(25)26)23-22(27)24-13-5-7-16-6-3-4-8-20(16)24/h3-4,6,8-12,17H,2,5,7,13-15H2,1H3,(H,23,27)/t17-/m1/s1. The van der Waals surface area contributed by atoms with Crippen molar-refractivity contribution in [3.8, 4) is 5.75 Å². The highest BCUT2D eigenvalue weighted by atomic mass is 16.5. The Balaban J connectivity index is 1.41. The lowest BCUT2D eigenvalue weighted by Gasteiger charge is -2.30. The zero-order valence-corrected chi connectivity index (χ0v) is 16.1. The van der Waals surface area contributed by atoms with Gasteiger partial charge >= 0.3 is 6.03 Å². The van der Waals surface area contributed by atoms with E-state index in [4.69, 9.17) is 4.74 Å². The quantitative estimate of drug-likeness (QED) is 0.886. The van der Waals surface area contributed by atoms with Crippen LogP contribution in [-0.4, -0.2) is 37.7 Å². The molecule has 0 aromatic heterocycles. The van der Waals surface area contributed by atoms with E-state index in [1.165, 1.54) is 5.56 Å². The number of aryl methyl sites for hydroxylation is 1. The number of amides is 3. The van der Waals surface area contributed by atoms with E-state index in [0.29, 0.717) is 26.1 Å². The number of para-hydroxylation sites is 1. The van der Waals surface area contributed by atoms with Gasteiger partial charge in [0.2, 0.25) is 5.91 Å². The van der Waals surface area contributed by atoms with Gasteiger partial charge in [0, 0.05) is 30.9 Å². The summed E-state index contributed by atoms with van der Waals surface area (Å²) >= 11 is 0. The third kappa shape index (κ3) is 3.67. The molecular weight excluding hydrogens is 354 g/mol. The summed E-state index contributed by atoms with van der Waals surface area (Å²) in [5.41, 5.74) is 3.00. The number of hydrogen-bond acceptors (Lipinski definition) is 3. The highest BCUT2D eigenvalue weighted by Crippen LogP contribution is 2.28. The summed E-state index contributed by atoms with van der Waals surface area (Å²) in [6.07, 6.45) is 2.26. The number of nitrogens with zero attached hydrogens (tertiary/aromatic N) is 2. The van der Waals surface area contributed by atoms with E-state index < -0.39 is 0 Å². The van der Waals surface area contributed by atoms with E-state index in [1.54, 1.807) is 9.80 Å². The van der Waals surface area contributed by atoms with Crippen molar-refractivity contribution >= 4 is 23.3 Å². The molecule has 6 heteroatoms. The predicted molar refractivity (Wildman–Crippen MR) is 109 cm³/mol. The molecular formula is C22H25N3O3. The van der Waals surface area contributed by atoms with Crippen molar-refractivity contribution < 1.29 is 14.3 Å². The first kappa shape index (κ1) is 18.3. The van der Waals surface area contributed by atoms with Gasteiger partial charge in [-0.2, -0.15) is 0 Å². The summed E-state index contributed by atoms with van der Waals surface area (Å²) in [6.45, 7) is 3.72. The Morgan fingerprint density at radius 1 is 1.18 bits per heavy atom. The summed E-state index contributed by atoms with van der Waals surface area (Å²) in [7, 11) is 0.